The van der Waals surface area contributed by atoms with Gasteiger partial charge < -0.3 is 14.2 Å². The molecular weight excluding hydrogens is 480 g/mol. The molecule has 1 aliphatic heterocycles. The van der Waals surface area contributed by atoms with Crippen molar-refractivity contribution >= 4 is 32.6 Å². The van der Waals surface area contributed by atoms with E-state index in [2.05, 4.69) is 15.9 Å². The lowest BCUT2D eigenvalue weighted by Gasteiger charge is -2.17. The molecule has 9 heteroatoms. The molecule has 168 valence electrons. The average Bonchev–Trinajstić information content (AvgIpc) is 3.31. The van der Waals surface area contributed by atoms with E-state index in [-0.39, 0.29) is 30.4 Å². The fourth-order valence-electron chi connectivity index (χ4n) is 3.95. The molecule has 0 unspecified atom stereocenters. The summed E-state index contributed by atoms with van der Waals surface area (Å²) < 4.78 is 19.6. The number of carbonyl (C=O) groups is 1. The molecule has 0 saturated carbocycles. The Morgan fingerprint density at radius 1 is 1.12 bits per heavy atom. The van der Waals surface area contributed by atoms with E-state index < -0.39 is 11.2 Å². The molecule has 1 atom stereocenters. The Kier molecular flexibility index (Phi) is 6.48. The molecular formula is C23H23BrN2O6. The highest BCUT2D eigenvalue weighted by Crippen LogP contribution is 2.30. The smallest absolute Gasteiger partial charge is 0.331 e. The Balaban J connectivity index is 1.90. The molecule has 1 saturated heterocycles. The molecule has 0 radical (unpaired) electrons. The van der Waals surface area contributed by atoms with E-state index in [0.717, 1.165) is 21.9 Å². The van der Waals surface area contributed by atoms with Gasteiger partial charge in [-0.1, -0.05) is 28.1 Å². The minimum atomic E-state index is -0.562. The van der Waals surface area contributed by atoms with E-state index in [1.54, 1.807) is 30.3 Å². The number of rotatable bonds is 7. The van der Waals surface area contributed by atoms with Crippen molar-refractivity contribution in [3.63, 3.8) is 0 Å². The second-order valence-electron chi connectivity index (χ2n) is 7.58. The number of methoxy groups -OCH3 is 2. The Morgan fingerprint density at radius 2 is 1.88 bits per heavy atom. The number of carbonyl (C=O) groups excluding carboxylic acids is 1. The summed E-state index contributed by atoms with van der Waals surface area (Å²) in [6.07, 6.45) is 1.44. The first kappa shape index (κ1) is 22.3. The van der Waals surface area contributed by atoms with E-state index in [1.165, 1.54) is 18.8 Å². The number of fused-ring (bicyclic) bond motifs is 1. The SMILES string of the molecule is COc1cc2c(=O)n(C[C@H]3CCCO3)c(=O)n(CC(=O)c3cccc(Br)c3)c2cc1OC. The molecule has 4 rings (SSSR count). The number of aromatic nitrogens is 2. The van der Waals surface area contributed by atoms with Gasteiger partial charge in [0.1, 0.15) is 0 Å². The summed E-state index contributed by atoms with van der Waals surface area (Å²) in [5.41, 5.74) is -0.248. The highest BCUT2D eigenvalue weighted by atomic mass is 79.9. The molecule has 0 bridgehead atoms. The second-order valence-corrected chi connectivity index (χ2v) is 8.49. The highest BCUT2D eigenvalue weighted by molar-refractivity contribution is 9.10. The number of hydrogen-bond donors (Lipinski definition) is 0. The van der Waals surface area contributed by atoms with Crippen LogP contribution in [0.1, 0.15) is 23.2 Å². The summed E-state index contributed by atoms with van der Waals surface area (Å²) in [5, 5.41) is 0.266. The van der Waals surface area contributed by atoms with Crippen molar-refractivity contribution in [2.75, 3.05) is 20.8 Å². The predicted octanol–water partition coefficient (Wildman–Crippen LogP) is 3.00. The molecule has 1 fully saturated rings. The van der Waals surface area contributed by atoms with Crippen LogP contribution in [0.4, 0.5) is 0 Å². The fourth-order valence-corrected chi connectivity index (χ4v) is 4.35. The van der Waals surface area contributed by atoms with Crippen molar-refractivity contribution in [2.45, 2.75) is 32.0 Å². The van der Waals surface area contributed by atoms with Gasteiger partial charge in [0, 0.05) is 22.7 Å². The van der Waals surface area contributed by atoms with E-state index in [0.29, 0.717) is 29.2 Å². The third-order valence-corrected chi connectivity index (χ3v) is 6.08. The Morgan fingerprint density at radius 3 is 2.53 bits per heavy atom. The van der Waals surface area contributed by atoms with Crippen molar-refractivity contribution in [1.29, 1.82) is 0 Å². The number of halogens is 1. The lowest BCUT2D eigenvalue weighted by atomic mass is 10.1. The van der Waals surface area contributed by atoms with Crippen LogP contribution in [0.3, 0.4) is 0 Å². The summed E-state index contributed by atoms with van der Waals surface area (Å²) in [6.45, 7) is 0.508. The molecule has 0 spiro atoms. The molecule has 2 heterocycles. The van der Waals surface area contributed by atoms with E-state index >= 15 is 0 Å². The van der Waals surface area contributed by atoms with Gasteiger partial charge in [-0.3, -0.25) is 18.7 Å². The summed E-state index contributed by atoms with van der Waals surface area (Å²) in [5.74, 6) is 0.468. The minimum Gasteiger partial charge on any atom is -0.493 e. The highest BCUT2D eigenvalue weighted by Gasteiger charge is 2.23. The van der Waals surface area contributed by atoms with Crippen molar-refractivity contribution < 1.29 is 19.0 Å². The zero-order valence-electron chi connectivity index (χ0n) is 17.8. The summed E-state index contributed by atoms with van der Waals surface area (Å²) in [4.78, 5) is 39.7. The van der Waals surface area contributed by atoms with Crippen LogP contribution >= 0.6 is 15.9 Å². The lowest BCUT2D eigenvalue weighted by molar-refractivity contribution is 0.0939. The molecule has 32 heavy (non-hydrogen) atoms. The van der Waals surface area contributed by atoms with E-state index in [4.69, 9.17) is 14.2 Å². The van der Waals surface area contributed by atoms with E-state index in [1.807, 2.05) is 6.07 Å². The van der Waals surface area contributed by atoms with Crippen LogP contribution in [-0.2, 0) is 17.8 Å². The van der Waals surface area contributed by atoms with Crippen molar-refractivity contribution in [3.05, 3.63) is 67.3 Å². The molecule has 1 aromatic heterocycles. The van der Waals surface area contributed by atoms with Crippen molar-refractivity contribution in [2.24, 2.45) is 0 Å². The monoisotopic (exact) mass is 502 g/mol. The van der Waals surface area contributed by atoms with Gasteiger partial charge in [-0.25, -0.2) is 4.79 Å². The third-order valence-electron chi connectivity index (χ3n) is 5.59. The van der Waals surface area contributed by atoms with Crippen LogP contribution in [0.25, 0.3) is 10.9 Å². The topological polar surface area (TPSA) is 88.8 Å². The average molecular weight is 503 g/mol. The van der Waals surface area contributed by atoms with Crippen LogP contribution in [-0.4, -0.2) is 41.8 Å². The fraction of sp³-hybridized carbons (Fsp3) is 0.348. The van der Waals surface area contributed by atoms with Gasteiger partial charge in [-0.15, -0.1) is 0 Å². The molecule has 0 amide bonds. The zero-order valence-corrected chi connectivity index (χ0v) is 19.4. The molecule has 3 aromatic rings. The van der Waals surface area contributed by atoms with Gasteiger partial charge in [-0.2, -0.15) is 0 Å². The van der Waals surface area contributed by atoms with Crippen LogP contribution in [0.2, 0.25) is 0 Å². The number of benzene rings is 2. The molecule has 0 N–H and O–H groups in total. The maximum absolute atomic E-state index is 13.4. The molecule has 0 aliphatic carbocycles. The van der Waals surface area contributed by atoms with Crippen LogP contribution in [0.15, 0.2) is 50.5 Å². The lowest BCUT2D eigenvalue weighted by Crippen LogP contribution is -2.43. The second kappa shape index (κ2) is 9.30. The van der Waals surface area contributed by atoms with Gasteiger partial charge in [0.15, 0.2) is 17.3 Å². The zero-order chi connectivity index (χ0) is 22.8. The number of hydrogen-bond acceptors (Lipinski definition) is 6. The van der Waals surface area contributed by atoms with Gasteiger partial charge in [0.2, 0.25) is 0 Å². The maximum atomic E-state index is 13.4. The first-order valence-electron chi connectivity index (χ1n) is 10.2. The van der Waals surface area contributed by atoms with Gasteiger partial charge in [-0.05, 0) is 31.0 Å². The summed E-state index contributed by atoms with van der Waals surface area (Å²) >= 11 is 3.36. The maximum Gasteiger partial charge on any atom is 0.331 e. The first-order valence-corrected chi connectivity index (χ1v) is 11.0. The van der Waals surface area contributed by atoms with Gasteiger partial charge in [0.05, 0.1) is 44.3 Å². The minimum absolute atomic E-state index is 0.132. The first-order chi connectivity index (χ1) is 15.4. The molecule has 8 nitrogen and oxygen atoms in total. The quantitative estimate of drug-likeness (QED) is 0.461. The Labute approximate surface area is 192 Å². The number of Topliss-reactive ketones (excluding diaryl/α,β-unsaturated/α-hetero) is 1. The normalized spacial score (nSPS) is 15.8. The van der Waals surface area contributed by atoms with Gasteiger partial charge >= 0.3 is 5.69 Å². The number of nitrogens with zero attached hydrogens (tertiary/aromatic N) is 2. The van der Waals surface area contributed by atoms with Crippen LogP contribution in [0, 0.1) is 0 Å². The van der Waals surface area contributed by atoms with E-state index in [9.17, 15) is 14.4 Å². The number of ether oxygens (including phenoxy) is 3. The Bertz CT molecular complexity index is 1290. The summed E-state index contributed by atoms with van der Waals surface area (Å²) in [6, 6.07) is 10.1. The predicted molar refractivity (Wildman–Crippen MR) is 123 cm³/mol. The molecule has 1 aliphatic rings. The largest absolute Gasteiger partial charge is 0.493 e. The molecule has 2 aromatic carbocycles. The van der Waals surface area contributed by atoms with Crippen LogP contribution < -0.4 is 20.7 Å². The third kappa shape index (κ3) is 4.22. The van der Waals surface area contributed by atoms with Gasteiger partial charge in [0.25, 0.3) is 5.56 Å². The summed E-state index contributed by atoms with van der Waals surface area (Å²) in [7, 11) is 2.94. The number of ketones is 1. The Hall–Kier alpha value is -2.91. The standard InChI is InChI=1S/C23H23BrN2O6/c1-30-20-10-17-18(11-21(20)31-2)25(13-19(27)14-5-3-6-15(24)9-14)23(29)26(22(17)28)12-16-7-4-8-32-16/h3,5-6,9-11,16H,4,7-8,12-13H2,1-2H3/t16-/m1/s1. The van der Waals surface area contributed by atoms with Crippen molar-refractivity contribution in [3.8, 4) is 11.5 Å². The van der Waals surface area contributed by atoms with Crippen molar-refractivity contribution in [1.82, 2.24) is 9.13 Å². The van der Waals surface area contributed by atoms with Crippen LogP contribution in [0.5, 0.6) is 11.5 Å².